The van der Waals surface area contributed by atoms with Gasteiger partial charge in [0.05, 0.1) is 0 Å². The van der Waals surface area contributed by atoms with E-state index in [1.54, 1.807) is 0 Å². The second-order valence-electron chi connectivity index (χ2n) is 5.77. The zero-order valence-corrected chi connectivity index (χ0v) is 14.2. The Bertz CT molecular complexity index is 579. The highest BCUT2D eigenvalue weighted by molar-refractivity contribution is 7.10. The lowest BCUT2D eigenvalue weighted by molar-refractivity contribution is 0.487. The van der Waals surface area contributed by atoms with Gasteiger partial charge in [0, 0.05) is 10.3 Å². The molecule has 0 saturated carbocycles. The minimum atomic E-state index is 0.190. The van der Waals surface area contributed by atoms with Gasteiger partial charge >= 0.3 is 0 Å². The number of hydrogen-bond donors (Lipinski definition) is 0. The highest BCUT2D eigenvalue weighted by atomic mass is 32.1. The van der Waals surface area contributed by atoms with Gasteiger partial charge in [-0.2, -0.15) is 0 Å². The summed E-state index contributed by atoms with van der Waals surface area (Å²) in [4.78, 5) is 1.52. The van der Waals surface area contributed by atoms with Crippen molar-refractivity contribution in [3.63, 3.8) is 0 Å². The molecule has 0 aliphatic rings. The van der Waals surface area contributed by atoms with Crippen molar-refractivity contribution in [1.82, 2.24) is 0 Å². The van der Waals surface area contributed by atoms with Crippen LogP contribution in [0, 0.1) is 13.8 Å². The van der Waals surface area contributed by atoms with Crippen LogP contribution < -0.4 is 0 Å². The maximum atomic E-state index is 2.42. The van der Waals surface area contributed by atoms with Crippen molar-refractivity contribution in [3.8, 4) is 0 Å². The molecule has 0 N–H and O–H groups in total. The Balaban J connectivity index is 2.55. The molecule has 2 heteroatoms. The van der Waals surface area contributed by atoms with E-state index >= 15 is 0 Å². The van der Waals surface area contributed by atoms with Gasteiger partial charge in [0.1, 0.15) is 7.85 Å². The molecule has 0 saturated heterocycles. The molecule has 0 aliphatic heterocycles. The normalized spacial score (nSPS) is 11.8. The van der Waals surface area contributed by atoms with E-state index in [4.69, 9.17) is 0 Å². The van der Waals surface area contributed by atoms with E-state index in [1.165, 1.54) is 27.1 Å². The fourth-order valence-electron chi connectivity index (χ4n) is 3.22. The molecular weight excluding hydrogens is 259 g/mol. The van der Waals surface area contributed by atoms with Crippen molar-refractivity contribution < 1.29 is 0 Å². The van der Waals surface area contributed by atoms with E-state index in [-0.39, 0.29) is 5.41 Å². The van der Waals surface area contributed by atoms with Gasteiger partial charge in [-0.1, -0.05) is 43.9 Å². The van der Waals surface area contributed by atoms with Crippen molar-refractivity contribution in [3.05, 3.63) is 56.8 Å². The van der Waals surface area contributed by atoms with Crippen LogP contribution in [0.3, 0.4) is 0 Å². The molecule has 0 atom stereocenters. The largest absolute Gasteiger partial charge is 0.148 e. The molecule has 0 spiro atoms. The lowest BCUT2D eigenvalue weighted by atomic mass is 9.73. The van der Waals surface area contributed by atoms with Crippen LogP contribution >= 0.6 is 11.3 Å². The van der Waals surface area contributed by atoms with E-state index in [1.807, 2.05) is 11.3 Å². The Hall–Kier alpha value is -1.02. The van der Waals surface area contributed by atoms with Crippen LogP contribution in [0.5, 0.6) is 0 Å². The van der Waals surface area contributed by atoms with Gasteiger partial charge in [0.2, 0.25) is 0 Å². The summed E-state index contributed by atoms with van der Waals surface area (Å²) < 4.78 is 0. The Kier molecular flexibility index (Phi) is 4.75. The molecule has 0 unspecified atom stereocenters. The van der Waals surface area contributed by atoms with E-state index in [2.05, 4.69) is 65.2 Å². The Labute approximate surface area is 128 Å². The van der Waals surface area contributed by atoms with Crippen molar-refractivity contribution in [2.24, 2.45) is 0 Å². The maximum absolute atomic E-state index is 2.42. The van der Waals surface area contributed by atoms with E-state index in [0.29, 0.717) is 0 Å². The van der Waals surface area contributed by atoms with Crippen LogP contribution in [0.4, 0.5) is 0 Å². The van der Waals surface area contributed by atoms with Crippen LogP contribution in [0.25, 0.3) is 0 Å². The third kappa shape index (κ3) is 2.58. The Morgan fingerprint density at radius 1 is 1.10 bits per heavy atom. The van der Waals surface area contributed by atoms with E-state index < -0.39 is 0 Å². The van der Waals surface area contributed by atoms with Gasteiger partial charge in [-0.3, -0.25) is 0 Å². The van der Waals surface area contributed by atoms with Gasteiger partial charge in [0.25, 0.3) is 0 Å². The molecule has 0 amide bonds. The first-order valence-electron chi connectivity index (χ1n) is 7.73. The molecule has 106 valence electrons. The summed E-state index contributed by atoms with van der Waals surface area (Å²) in [5, 5.41) is 2.28. The first kappa shape index (κ1) is 15.4. The molecule has 0 fully saturated rings. The van der Waals surface area contributed by atoms with Gasteiger partial charge in [0.15, 0.2) is 0 Å². The molecule has 0 radical (unpaired) electrons. The maximum Gasteiger partial charge on any atom is 0.107 e. The number of hydrogen-bond acceptors (Lipinski definition) is 1. The van der Waals surface area contributed by atoms with Gasteiger partial charge < -0.3 is 0 Å². The molecule has 0 bridgehead atoms. The second-order valence-corrected chi connectivity index (χ2v) is 6.68. The third-order valence-corrected chi connectivity index (χ3v) is 5.94. The van der Waals surface area contributed by atoms with Crippen LogP contribution in [-0.4, -0.2) is 7.85 Å². The van der Waals surface area contributed by atoms with E-state index in [9.17, 15) is 0 Å². The first-order chi connectivity index (χ1) is 9.57. The number of thiophene rings is 1. The van der Waals surface area contributed by atoms with E-state index in [0.717, 1.165) is 19.2 Å². The fourth-order valence-corrected chi connectivity index (χ4v) is 4.49. The standard InChI is InChI=1S/C18H25BS/c1-5-18(6-2,17-9-13(3)12-20-17)16-8-7-15(11-19)14(4)10-16/h7-10,12H,5-6,11,19H2,1-4H3. The minimum absolute atomic E-state index is 0.190. The van der Waals surface area contributed by atoms with Gasteiger partial charge in [-0.05, 0) is 54.8 Å². The summed E-state index contributed by atoms with van der Waals surface area (Å²) >= 11 is 1.92. The fraction of sp³-hybridized carbons (Fsp3) is 0.444. The average Bonchev–Trinajstić information content (AvgIpc) is 2.88. The average molecular weight is 284 g/mol. The highest BCUT2D eigenvalue weighted by Crippen LogP contribution is 2.42. The minimum Gasteiger partial charge on any atom is -0.148 e. The summed E-state index contributed by atoms with van der Waals surface area (Å²) in [6.07, 6.45) is 3.44. The highest BCUT2D eigenvalue weighted by Gasteiger charge is 2.32. The second kappa shape index (κ2) is 6.18. The molecule has 1 heterocycles. The molecule has 0 aliphatic carbocycles. The van der Waals surface area contributed by atoms with Crippen molar-refractivity contribution in [2.45, 2.75) is 52.3 Å². The van der Waals surface area contributed by atoms with Crippen molar-refractivity contribution in [2.75, 3.05) is 0 Å². The summed E-state index contributed by atoms with van der Waals surface area (Å²) in [7, 11) is 2.23. The first-order valence-corrected chi connectivity index (χ1v) is 8.61. The molecule has 0 nitrogen and oxygen atoms in total. The summed E-state index contributed by atoms with van der Waals surface area (Å²) in [5.74, 6) is 0. The van der Waals surface area contributed by atoms with Crippen LogP contribution in [0.1, 0.15) is 53.8 Å². The SMILES string of the molecule is BCc1ccc(C(CC)(CC)c2cc(C)cs2)cc1C. The lowest BCUT2D eigenvalue weighted by Gasteiger charge is -2.32. The van der Waals surface area contributed by atoms with Crippen LogP contribution in [0.15, 0.2) is 29.6 Å². The molecule has 2 aromatic rings. The molecule has 1 aromatic carbocycles. The topological polar surface area (TPSA) is 0 Å². The van der Waals surface area contributed by atoms with Crippen LogP contribution in [-0.2, 0) is 11.7 Å². The number of benzene rings is 1. The molecular formula is C18H25BS. The lowest BCUT2D eigenvalue weighted by Crippen LogP contribution is -2.25. The Morgan fingerprint density at radius 3 is 2.25 bits per heavy atom. The summed E-state index contributed by atoms with van der Waals surface area (Å²) in [6, 6.07) is 9.47. The zero-order chi connectivity index (χ0) is 14.8. The predicted octanol–water partition coefficient (Wildman–Crippen LogP) is 4.60. The summed E-state index contributed by atoms with van der Waals surface area (Å²) in [5.41, 5.74) is 5.97. The van der Waals surface area contributed by atoms with Crippen molar-refractivity contribution in [1.29, 1.82) is 0 Å². The molecule has 2 rings (SSSR count). The smallest absolute Gasteiger partial charge is 0.107 e. The molecule has 1 aromatic heterocycles. The van der Waals surface area contributed by atoms with Gasteiger partial charge in [-0.15, -0.1) is 11.3 Å². The monoisotopic (exact) mass is 284 g/mol. The van der Waals surface area contributed by atoms with Crippen molar-refractivity contribution >= 4 is 19.2 Å². The van der Waals surface area contributed by atoms with Crippen LogP contribution in [0.2, 0.25) is 0 Å². The molecule has 20 heavy (non-hydrogen) atoms. The number of aryl methyl sites for hydroxylation is 2. The Morgan fingerprint density at radius 2 is 1.80 bits per heavy atom. The quantitative estimate of drug-likeness (QED) is 0.704. The predicted molar refractivity (Wildman–Crippen MR) is 93.8 cm³/mol. The summed E-state index contributed by atoms with van der Waals surface area (Å²) in [6.45, 7) is 9.09. The zero-order valence-electron chi connectivity index (χ0n) is 13.4. The number of rotatable bonds is 5. The van der Waals surface area contributed by atoms with Gasteiger partial charge in [-0.25, -0.2) is 0 Å². The third-order valence-electron chi connectivity index (χ3n) is 4.69.